The molecule has 7 nitrogen and oxygen atoms in total. The lowest BCUT2D eigenvalue weighted by Gasteiger charge is -2.23. The molecule has 202 valence electrons. The molecule has 0 aliphatic carbocycles. The molecule has 3 rings (SSSR count). The number of aliphatic carboxylic acids is 1. The quantitative estimate of drug-likeness (QED) is 0.269. The van der Waals surface area contributed by atoms with E-state index in [2.05, 4.69) is 6.92 Å². The fraction of sp³-hybridized carbons (Fsp3) is 0.355. The Hall–Kier alpha value is -3.84. The molecule has 0 spiro atoms. The van der Waals surface area contributed by atoms with Crippen molar-refractivity contribution >= 4 is 11.9 Å². The van der Waals surface area contributed by atoms with Crippen molar-refractivity contribution in [2.45, 2.75) is 52.4 Å². The minimum absolute atomic E-state index is 0.0714. The molecular formula is C31H37NO6. The van der Waals surface area contributed by atoms with E-state index >= 15 is 0 Å². The number of unbranched alkanes of at least 4 members (excludes halogenated alkanes) is 1. The van der Waals surface area contributed by atoms with Crippen LogP contribution in [0.1, 0.15) is 43.4 Å². The maximum atomic E-state index is 13.0. The maximum Gasteiger partial charge on any atom is 0.333 e. The predicted octanol–water partition coefficient (Wildman–Crippen LogP) is 5.51. The van der Waals surface area contributed by atoms with Crippen LogP contribution in [-0.4, -0.2) is 47.7 Å². The number of carboxylic acid groups (broad SMARTS) is 1. The van der Waals surface area contributed by atoms with Crippen LogP contribution in [0.4, 0.5) is 0 Å². The van der Waals surface area contributed by atoms with E-state index in [0.29, 0.717) is 32.1 Å². The number of hydrogen-bond donors (Lipinski definition) is 1. The van der Waals surface area contributed by atoms with E-state index < -0.39 is 12.1 Å². The number of nitrogens with zero attached hydrogens (tertiary/aromatic N) is 1. The Morgan fingerprint density at radius 3 is 2.05 bits per heavy atom. The molecule has 0 saturated carbocycles. The van der Waals surface area contributed by atoms with Gasteiger partial charge in [-0.15, -0.1) is 0 Å². The fourth-order valence-electron chi connectivity index (χ4n) is 3.88. The van der Waals surface area contributed by atoms with Gasteiger partial charge in [0.1, 0.15) is 18.1 Å². The normalized spacial score (nSPS) is 11.5. The smallest absolute Gasteiger partial charge is 0.333 e. The van der Waals surface area contributed by atoms with Crippen molar-refractivity contribution in [2.75, 3.05) is 19.8 Å². The van der Waals surface area contributed by atoms with Crippen molar-refractivity contribution in [3.63, 3.8) is 0 Å². The second kappa shape index (κ2) is 15.4. The number of carbonyl (C=O) groups is 2. The van der Waals surface area contributed by atoms with Gasteiger partial charge >= 0.3 is 5.97 Å². The number of hydrogen-bond acceptors (Lipinski definition) is 5. The summed E-state index contributed by atoms with van der Waals surface area (Å²) in [5.74, 6) is 0.265. The zero-order valence-electron chi connectivity index (χ0n) is 22.2. The molecule has 1 N–H and O–H groups in total. The molecule has 0 saturated heterocycles. The molecule has 0 aliphatic heterocycles. The van der Waals surface area contributed by atoms with Crippen molar-refractivity contribution in [3.05, 3.63) is 95.6 Å². The lowest BCUT2D eigenvalue weighted by atomic mass is 10.1. The van der Waals surface area contributed by atoms with Crippen molar-refractivity contribution in [2.24, 2.45) is 0 Å². The van der Waals surface area contributed by atoms with Gasteiger partial charge in [-0.1, -0.05) is 67.9 Å². The minimum Gasteiger partial charge on any atom is -0.489 e. The van der Waals surface area contributed by atoms with Gasteiger partial charge in [-0.05, 0) is 54.3 Å². The van der Waals surface area contributed by atoms with E-state index in [1.165, 1.54) is 0 Å². The Bertz CT molecular complexity index is 1120. The highest BCUT2D eigenvalue weighted by Crippen LogP contribution is 2.18. The van der Waals surface area contributed by atoms with Crippen LogP contribution in [0, 0.1) is 0 Å². The molecule has 0 fully saturated rings. The molecule has 38 heavy (non-hydrogen) atoms. The van der Waals surface area contributed by atoms with Gasteiger partial charge in [-0.2, -0.15) is 0 Å². The zero-order chi connectivity index (χ0) is 27.2. The third-order valence-electron chi connectivity index (χ3n) is 6.03. The molecule has 7 heteroatoms. The molecule has 0 radical (unpaired) electrons. The van der Waals surface area contributed by atoms with Crippen LogP contribution in [0.15, 0.2) is 78.9 Å². The minimum atomic E-state index is -0.987. The molecule has 1 amide bonds. The summed E-state index contributed by atoms with van der Waals surface area (Å²) >= 11 is 0. The van der Waals surface area contributed by atoms with E-state index in [1.54, 1.807) is 31.2 Å². The first-order valence-electron chi connectivity index (χ1n) is 13.1. The largest absolute Gasteiger partial charge is 0.489 e. The van der Waals surface area contributed by atoms with Gasteiger partial charge < -0.3 is 24.2 Å². The molecule has 0 bridgehead atoms. The fourth-order valence-corrected chi connectivity index (χ4v) is 3.88. The standard InChI is InChI=1S/C31H37NO6/c1-3-5-19-32(21-25-13-17-27(18-14-25)37-22-26-9-7-6-8-10-26)30(33)23-38-28-15-11-24(12-16-28)20-29(31(34)35)36-4-2/h6-18,29H,3-5,19-23H2,1-2H3,(H,34,35)/t29-/m0/s1. The van der Waals surface area contributed by atoms with E-state index in [0.717, 1.165) is 35.3 Å². The highest BCUT2D eigenvalue weighted by Gasteiger charge is 2.18. The van der Waals surface area contributed by atoms with E-state index in [-0.39, 0.29) is 18.9 Å². The summed E-state index contributed by atoms with van der Waals surface area (Å²) in [6.07, 6.45) is 1.27. The highest BCUT2D eigenvalue weighted by molar-refractivity contribution is 5.77. The number of rotatable bonds is 16. The third kappa shape index (κ3) is 9.56. The first kappa shape index (κ1) is 28.7. The number of benzene rings is 3. The van der Waals surface area contributed by atoms with E-state index in [1.807, 2.05) is 59.5 Å². The average molecular weight is 520 g/mol. The number of ether oxygens (including phenoxy) is 3. The molecular weight excluding hydrogens is 482 g/mol. The molecule has 0 aliphatic rings. The molecule has 0 heterocycles. The molecule has 3 aromatic carbocycles. The Balaban J connectivity index is 1.52. The van der Waals surface area contributed by atoms with E-state index in [9.17, 15) is 14.7 Å². The van der Waals surface area contributed by atoms with Crippen LogP contribution >= 0.6 is 0 Å². The Labute approximate surface area is 225 Å². The molecule has 3 aromatic rings. The van der Waals surface area contributed by atoms with E-state index in [4.69, 9.17) is 14.2 Å². The molecule has 0 unspecified atom stereocenters. The Morgan fingerprint density at radius 1 is 0.816 bits per heavy atom. The van der Waals surface area contributed by atoms with Gasteiger partial charge in [0.2, 0.25) is 0 Å². The average Bonchev–Trinajstić information content (AvgIpc) is 2.94. The summed E-state index contributed by atoms with van der Waals surface area (Å²) in [7, 11) is 0. The Morgan fingerprint density at radius 2 is 1.45 bits per heavy atom. The highest BCUT2D eigenvalue weighted by atomic mass is 16.5. The van der Waals surface area contributed by atoms with Gasteiger partial charge in [0.25, 0.3) is 5.91 Å². The Kier molecular flexibility index (Phi) is 11.7. The topological polar surface area (TPSA) is 85.3 Å². The van der Waals surface area contributed by atoms with Crippen LogP contribution in [0.3, 0.4) is 0 Å². The SMILES string of the molecule is CCCCN(Cc1ccc(OCc2ccccc2)cc1)C(=O)COc1ccc(C[C@H](OCC)C(=O)O)cc1. The van der Waals surface area contributed by atoms with Crippen molar-refractivity contribution in [3.8, 4) is 11.5 Å². The first-order chi connectivity index (χ1) is 18.5. The van der Waals surface area contributed by atoms with Gasteiger partial charge in [0.05, 0.1) is 0 Å². The van der Waals surface area contributed by atoms with Gasteiger partial charge in [0.15, 0.2) is 12.7 Å². The summed E-state index contributed by atoms with van der Waals surface area (Å²) in [5.41, 5.74) is 2.95. The van der Waals surface area contributed by atoms with Gasteiger partial charge in [-0.3, -0.25) is 4.79 Å². The lowest BCUT2D eigenvalue weighted by molar-refractivity contribution is -0.150. The first-order valence-corrected chi connectivity index (χ1v) is 13.1. The van der Waals surface area contributed by atoms with Gasteiger partial charge in [-0.25, -0.2) is 4.79 Å². The van der Waals surface area contributed by atoms with Crippen molar-refractivity contribution in [1.29, 1.82) is 0 Å². The number of amides is 1. The number of carbonyl (C=O) groups excluding carboxylic acids is 1. The van der Waals surface area contributed by atoms with Crippen LogP contribution in [0.5, 0.6) is 11.5 Å². The zero-order valence-corrected chi connectivity index (χ0v) is 22.2. The van der Waals surface area contributed by atoms with Crippen LogP contribution in [-0.2, 0) is 33.9 Å². The monoisotopic (exact) mass is 519 g/mol. The summed E-state index contributed by atoms with van der Waals surface area (Å²) in [4.78, 5) is 26.1. The van der Waals surface area contributed by atoms with Gasteiger partial charge in [0, 0.05) is 26.1 Å². The molecule has 0 aromatic heterocycles. The second-order valence-electron chi connectivity index (χ2n) is 9.01. The summed E-state index contributed by atoms with van der Waals surface area (Å²) in [5, 5.41) is 9.27. The van der Waals surface area contributed by atoms with Crippen LogP contribution < -0.4 is 9.47 Å². The van der Waals surface area contributed by atoms with Crippen LogP contribution in [0.25, 0.3) is 0 Å². The second-order valence-corrected chi connectivity index (χ2v) is 9.01. The van der Waals surface area contributed by atoms with Crippen LogP contribution in [0.2, 0.25) is 0 Å². The summed E-state index contributed by atoms with van der Waals surface area (Å²) in [6.45, 7) is 5.78. The third-order valence-corrected chi connectivity index (χ3v) is 6.03. The lowest BCUT2D eigenvalue weighted by Crippen LogP contribution is -2.35. The maximum absolute atomic E-state index is 13.0. The van der Waals surface area contributed by atoms with Crippen molar-refractivity contribution in [1.82, 2.24) is 4.90 Å². The summed E-state index contributed by atoms with van der Waals surface area (Å²) < 4.78 is 16.9. The van der Waals surface area contributed by atoms with Crippen molar-refractivity contribution < 1.29 is 28.9 Å². The summed E-state index contributed by atoms with van der Waals surface area (Å²) in [6, 6.07) is 24.9. The predicted molar refractivity (Wildman–Crippen MR) is 146 cm³/mol. The molecule has 1 atom stereocenters. The number of carboxylic acids is 1.